The Balaban J connectivity index is 1.97. The molecule has 2 aliphatic rings. The van der Waals surface area contributed by atoms with E-state index in [9.17, 15) is 8.78 Å². The maximum absolute atomic E-state index is 14.4. The summed E-state index contributed by atoms with van der Waals surface area (Å²) in [4.78, 5) is 2.24. The van der Waals surface area contributed by atoms with Crippen molar-refractivity contribution in [2.24, 2.45) is 5.92 Å². The summed E-state index contributed by atoms with van der Waals surface area (Å²) in [7, 11) is 0. The van der Waals surface area contributed by atoms with Gasteiger partial charge in [0.25, 0.3) is 0 Å². The molecular weight excluding hydrogens is 294 g/mol. The average molecular weight is 315 g/mol. The number of hydrogen-bond donors (Lipinski definition) is 1. The number of halogens is 3. The van der Waals surface area contributed by atoms with Crippen LogP contribution in [-0.4, -0.2) is 31.1 Å². The third kappa shape index (κ3) is 3.22. The van der Waals surface area contributed by atoms with Crippen LogP contribution in [0.2, 0.25) is 5.02 Å². The van der Waals surface area contributed by atoms with Gasteiger partial charge in [0.05, 0.1) is 0 Å². The maximum atomic E-state index is 14.4. The zero-order valence-corrected chi connectivity index (χ0v) is 12.8. The summed E-state index contributed by atoms with van der Waals surface area (Å²) in [6.07, 6.45) is 4.42. The van der Waals surface area contributed by atoms with Crippen LogP contribution >= 0.6 is 11.6 Å². The summed E-state index contributed by atoms with van der Waals surface area (Å²) < 4.78 is 28.8. The fourth-order valence-electron chi connectivity index (χ4n) is 3.79. The second kappa shape index (κ2) is 6.59. The molecule has 1 saturated carbocycles. The van der Waals surface area contributed by atoms with Crippen molar-refractivity contribution < 1.29 is 8.78 Å². The van der Waals surface area contributed by atoms with Gasteiger partial charge in [-0.3, -0.25) is 4.90 Å². The maximum Gasteiger partial charge on any atom is 0.132 e. The summed E-state index contributed by atoms with van der Waals surface area (Å²) in [5.74, 6) is -0.667. The van der Waals surface area contributed by atoms with Gasteiger partial charge >= 0.3 is 0 Å². The Kier molecular flexibility index (Phi) is 4.77. The van der Waals surface area contributed by atoms with Crippen molar-refractivity contribution in [3.05, 3.63) is 34.4 Å². The zero-order valence-electron chi connectivity index (χ0n) is 12.0. The van der Waals surface area contributed by atoms with Crippen molar-refractivity contribution >= 4 is 11.6 Å². The predicted molar refractivity (Wildman–Crippen MR) is 80.5 cm³/mol. The van der Waals surface area contributed by atoms with Gasteiger partial charge in [-0.1, -0.05) is 24.4 Å². The van der Waals surface area contributed by atoms with Crippen LogP contribution < -0.4 is 5.32 Å². The third-order valence-corrected chi connectivity index (χ3v) is 4.95. The van der Waals surface area contributed by atoms with Gasteiger partial charge in [0.1, 0.15) is 11.6 Å². The largest absolute Gasteiger partial charge is 0.314 e. The van der Waals surface area contributed by atoms with Gasteiger partial charge < -0.3 is 5.32 Å². The lowest BCUT2D eigenvalue weighted by molar-refractivity contribution is 0.119. The molecule has 0 amide bonds. The monoisotopic (exact) mass is 314 g/mol. The predicted octanol–water partition coefficient (Wildman–Crippen LogP) is 3.75. The van der Waals surface area contributed by atoms with Gasteiger partial charge in [0, 0.05) is 42.8 Å². The van der Waals surface area contributed by atoms with Crippen LogP contribution in [0.15, 0.2) is 12.1 Å². The van der Waals surface area contributed by atoms with Crippen LogP contribution in [0, 0.1) is 17.6 Å². The summed E-state index contributed by atoms with van der Waals surface area (Å²) in [5, 5.41) is 3.42. The van der Waals surface area contributed by atoms with E-state index in [1.165, 1.54) is 12.1 Å². The molecule has 1 heterocycles. The minimum absolute atomic E-state index is 0.124. The van der Waals surface area contributed by atoms with E-state index in [1.54, 1.807) is 0 Å². The molecule has 1 aliphatic carbocycles. The molecule has 0 radical (unpaired) electrons. The van der Waals surface area contributed by atoms with Crippen LogP contribution in [0.4, 0.5) is 8.78 Å². The molecule has 2 fully saturated rings. The van der Waals surface area contributed by atoms with E-state index < -0.39 is 11.6 Å². The lowest BCUT2D eigenvalue weighted by Gasteiger charge is -2.38. The van der Waals surface area contributed by atoms with E-state index in [-0.39, 0.29) is 16.6 Å². The van der Waals surface area contributed by atoms with Crippen molar-refractivity contribution in [2.45, 2.75) is 31.7 Å². The highest BCUT2D eigenvalue weighted by Gasteiger charge is 2.35. The molecular formula is C16H21ClF2N2. The normalized spacial score (nSPS) is 22.6. The van der Waals surface area contributed by atoms with E-state index in [0.717, 1.165) is 51.9 Å². The van der Waals surface area contributed by atoms with Crippen LogP contribution in [0.3, 0.4) is 0 Å². The fraction of sp³-hybridized carbons (Fsp3) is 0.625. The van der Waals surface area contributed by atoms with Crippen molar-refractivity contribution in [1.82, 2.24) is 10.2 Å². The SMILES string of the molecule is Fc1cc(Cl)cc(F)c1[C@@H](C1CCCC1)N1CCNCC1. The molecule has 0 spiro atoms. The highest BCUT2D eigenvalue weighted by atomic mass is 35.5. The van der Waals surface area contributed by atoms with Gasteiger partial charge in [0.2, 0.25) is 0 Å². The Morgan fingerprint density at radius 2 is 1.67 bits per heavy atom. The third-order valence-electron chi connectivity index (χ3n) is 4.73. The molecule has 21 heavy (non-hydrogen) atoms. The van der Waals surface area contributed by atoms with Crippen molar-refractivity contribution in [1.29, 1.82) is 0 Å². The second-order valence-corrected chi connectivity index (χ2v) is 6.49. The summed E-state index contributed by atoms with van der Waals surface area (Å²) in [6, 6.07) is 2.32. The second-order valence-electron chi connectivity index (χ2n) is 6.06. The Labute approximate surface area is 129 Å². The molecule has 1 aliphatic heterocycles. The van der Waals surface area contributed by atoms with E-state index in [4.69, 9.17) is 11.6 Å². The van der Waals surface area contributed by atoms with Crippen LogP contribution in [0.25, 0.3) is 0 Å². The number of rotatable bonds is 3. The highest BCUT2D eigenvalue weighted by molar-refractivity contribution is 6.30. The summed E-state index contributed by atoms with van der Waals surface area (Å²) in [5.41, 5.74) is 0.216. The minimum atomic E-state index is -0.504. The number of piperazine rings is 1. The lowest BCUT2D eigenvalue weighted by atomic mass is 9.89. The molecule has 0 bridgehead atoms. The Morgan fingerprint density at radius 3 is 2.24 bits per heavy atom. The van der Waals surface area contributed by atoms with Crippen molar-refractivity contribution in [3.8, 4) is 0 Å². The first-order chi connectivity index (χ1) is 10.2. The molecule has 0 aromatic heterocycles. The first-order valence-corrected chi connectivity index (χ1v) is 8.14. The molecule has 2 nitrogen and oxygen atoms in total. The summed E-state index contributed by atoms with van der Waals surface area (Å²) >= 11 is 5.77. The molecule has 5 heteroatoms. The minimum Gasteiger partial charge on any atom is -0.314 e. The first kappa shape index (κ1) is 15.2. The number of nitrogens with zero attached hydrogens (tertiary/aromatic N) is 1. The van der Waals surface area contributed by atoms with Gasteiger partial charge in [0.15, 0.2) is 0 Å². The van der Waals surface area contributed by atoms with E-state index >= 15 is 0 Å². The van der Waals surface area contributed by atoms with Gasteiger partial charge in [-0.25, -0.2) is 8.78 Å². The zero-order chi connectivity index (χ0) is 14.8. The average Bonchev–Trinajstić information content (AvgIpc) is 2.97. The van der Waals surface area contributed by atoms with Crippen LogP contribution in [-0.2, 0) is 0 Å². The summed E-state index contributed by atoms with van der Waals surface area (Å²) in [6.45, 7) is 3.42. The highest BCUT2D eigenvalue weighted by Crippen LogP contribution is 2.41. The van der Waals surface area contributed by atoms with Crippen molar-refractivity contribution in [2.75, 3.05) is 26.2 Å². The van der Waals surface area contributed by atoms with Gasteiger partial charge in [-0.05, 0) is 30.9 Å². The number of hydrogen-bond acceptors (Lipinski definition) is 2. The van der Waals surface area contributed by atoms with Gasteiger partial charge in [-0.15, -0.1) is 0 Å². The lowest BCUT2D eigenvalue weighted by Crippen LogP contribution is -2.47. The molecule has 0 unspecified atom stereocenters. The van der Waals surface area contributed by atoms with E-state index in [1.807, 2.05) is 0 Å². The molecule has 1 N–H and O–H groups in total. The standard InChI is InChI=1S/C16H21ClF2N2/c17-12-9-13(18)15(14(19)10-12)16(11-3-1-2-4-11)21-7-5-20-6-8-21/h9-11,16,20H,1-8H2/t16-/m1/s1. The van der Waals surface area contributed by atoms with Gasteiger partial charge in [-0.2, -0.15) is 0 Å². The molecule has 1 aromatic carbocycles. The molecule has 1 saturated heterocycles. The smallest absolute Gasteiger partial charge is 0.132 e. The molecule has 1 atom stereocenters. The van der Waals surface area contributed by atoms with E-state index in [2.05, 4.69) is 10.2 Å². The first-order valence-electron chi connectivity index (χ1n) is 7.76. The van der Waals surface area contributed by atoms with Crippen LogP contribution in [0.1, 0.15) is 37.3 Å². The molecule has 3 rings (SSSR count). The topological polar surface area (TPSA) is 15.3 Å². The van der Waals surface area contributed by atoms with Crippen molar-refractivity contribution in [3.63, 3.8) is 0 Å². The Hall–Kier alpha value is -0.710. The molecule has 1 aromatic rings. The molecule has 116 valence electrons. The Bertz CT molecular complexity index is 474. The fourth-order valence-corrected chi connectivity index (χ4v) is 3.98. The quantitative estimate of drug-likeness (QED) is 0.914. The van der Waals surface area contributed by atoms with Crippen LogP contribution in [0.5, 0.6) is 0 Å². The van der Waals surface area contributed by atoms with E-state index in [0.29, 0.717) is 5.92 Å². The number of benzene rings is 1. The Morgan fingerprint density at radius 1 is 1.10 bits per heavy atom. The number of nitrogens with one attached hydrogen (secondary N) is 1.